The molecule has 4 heteroatoms. The number of rotatable bonds is 6. The van der Waals surface area contributed by atoms with E-state index in [-0.39, 0.29) is 5.91 Å². The number of methoxy groups -OCH3 is 1. The zero-order valence-electron chi connectivity index (χ0n) is 13.5. The van der Waals surface area contributed by atoms with E-state index >= 15 is 0 Å². The lowest BCUT2D eigenvalue weighted by Crippen LogP contribution is -2.11. The summed E-state index contributed by atoms with van der Waals surface area (Å²) in [4.78, 5) is 14.4. The van der Waals surface area contributed by atoms with Crippen molar-refractivity contribution in [1.29, 1.82) is 0 Å². The standard InChI is InChI=1S/C20H19NO2S/c1-23-17-9-7-15(8-10-17)19-13-11-18(24-19)12-14-20(22)21-16-5-3-2-4-6-16/h2-11,13H,12,14H2,1H3,(H,21,22). The number of amides is 1. The van der Waals surface area contributed by atoms with Gasteiger partial charge in [-0.15, -0.1) is 11.3 Å². The van der Waals surface area contributed by atoms with Gasteiger partial charge in [0.25, 0.3) is 0 Å². The van der Waals surface area contributed by atoms with E-state index in [1.807, 2.05) is 42.5 Å². The molecule has 24 heavy (non-hydrogen) atoms. The maximum Gasteiger partial charge on any atom is 0.224 e. The van der Waals surface area contributed by atoms with Crippen LogP contribution in [0.5, 0.6) is 5.75 Å². The number of carbonyl (C=O) groups excluding carboxylic acids is 1. The molecule has 0 aliphatic carbocycles. The minimum Gasteiger partial charge on any atom is -0.497 e. The van der Waals surface area contributed by atoms with Gasteiger partial charge in [-0.25, -0.2) is 0 Å². The maximum absolute atomic E-state index is 12.0. The minimum absolute atomic E-state index is 0.0422. The second-order valence-electron chi connectivity index (χ2n) is 5.41. The summed E-state index contributed by atoms with van der Waals surface area (Å²) in [5.74, 6) is 0.897. The van der Waals surface area contributed by atoms with Crippen LogP contribution >= 0.6 is 11.3 Å². The molecular formula is C20H19NO2S. The van der Waals surface area contributed by atoms with Crippen LogP contribution in [-0.2, 0) is 11.2 Å². The van der Waals surface area contributed by atoms with E-state index in [1.54, 1.807) is 18.4 Å². The van der Waals surface area contributed by atoms with Gasteiger partial charge in [-0.3, -0.25) is 4.79 Å². The zero-order valence-corrected chi connectivity index (χ0v) is 14.3. The highest BCUT2D eigenvalue weighted by Gasteiger charge is 2.07. The minimum atomic E-state index is 0.0422. The smallest absolute Gasteiger partial charge is 0.224 e. The average molecular weight is 337 g/mol. The van der Waals surface area contributed by atoms with Crippen molar-refractivity contribution >= 4 is 22.9 Å². The Hall–Kier alpha value is -2.59. The number of aryl methyl sites for hydroxylation is 1. The summed E-state index contributed by atoms with van der Waals surface area (Å²) in [6.07, 6.45) is 1.23. The van der Waals surface area contributed by atoms with E-state index in [2.05, 4.69) is 29.6 Å². The van der Waals surface area contributed by atoms with E-state index in [9.17, 15) is 4.79 Å². The zero-order chi connectivity index (χ0) is 16.8. The van der Waals surface area contributed by atoms with Crippen LogP contribution in [0.2, 0.25) is 0 Å². The Morgan fingerprint density at radius 1 is 1.00 bits per heavy atom. The molecule has 1 amide bonds. The van der Waals surface area contributed by atoms with Gasteiger partial charge in [0.2, 0.25) is 5.91 Å². The van der Waals surface area contributed by atoms with Crippen LogP contribution in [-0.4, -0.2) is 13.0 Å². The van der Waals surface area contributed by atoms with Gasteiger partial charge in [0.15, 0.2) is 0 Å². The number of hydrogen-bond acceptors (Lipinski definition) is 3. The third-order valence-corrected chi connectivity index (χ3v) is 4.89. The second kappa shape index (κ2) is 7.79. The molecule has 0 atom stereocenters. The van der Waals surface area contributed by atoms with Gasteiger partial charge in [0.05, 0.1) is 7.11 Å². The van der Waals surface area contributed by atoms with Crippen molar-refractivity contribution in [2.24, 2.45) is 0 Å². The summed E-state index contributed by atoms with van der Waals surface area (Å²) in [6, 6.07) is 21.8. The van der Waals surface area contributed by atoms with E-state index < -0.39 is 0 Å². The fourth-order valence-electron chi connectivity index (χ4n) is 2.40. The summed E-state index contributed by atoms with van der Waals surface area (Å²) >= 11 is 1.73. The van der Waals surface area contributed by atoms with Crippen LogP contribution in [0.15, 0.2) is 66.7 Å². The van der Waals surface area contributed by atoms with Crippen LogP contribution in [0.4, 0.5) is 5.69 Å². The number of anilines is 1. The van der Waals surface area contributed by atoms with E-state index in [1.165, 1.54) is 15.3 Å². The van der Waals surface area contributed by atoms with Gasteiger partial charge < -0.3 is 10.1 Å². The van der Waals surface area contributed by atoms with Crippen LogP contribution in [0.3, 0.4) is 0 Å². The first-order chi connectivity index (χ1) is 11.7. The Kier molecular flexibility index (Phi) is 5.29. The quantitative estimate of drug-likeness (QED) is 0.688. The molecule has 0 bridgehead atoms. The van der Waals surface area contributed by atoms with Crippen molar-refractivity contribution in [3.63, 3.8) is 0 Å². The van der Waals surface area contributed by atoms with Crippen LogP contribution in [0.1, 0.15) is 11.3 Å². The van der Waals surface area contributed by atoms with E-state index in [0.29, 0.717) is 6.42 Å². The number of ether oxygens (including phenoxy) is 1. The highest BCUT2D eigenvalue weighted by Crippen LogP contribution is 2.30. The lowest BCUT2D eigenvalue weighted by atomic mass is 10.2. The van der Waals surface area contributed by atoms with Crippen LogP contribution < -0.4 is 10.1 Å². The molecule has 0 fully saturated rings. The molecule has 1 N–H and O–H groups in total. The molecule has 0 radical (unpaired) electrons. The summed E-state index contributed by atoms with van der Waals surface area (Å²) in [5.41, 5.74) is 2.01. The monoisotopic (exact) mass is 337 g/mol. The average Bonchev–Trinajstić information content (AvgIpc) is 3.10. The van der Waals surface area contributed by atoms with Crippen LogP contribution in [0.25, 0.3) is 10.4 Å². The Morgan fingerprint density at radius 3 is 2.46 bits per heavy atom. The van der Waals surface area contributed by atoms with Gasteiger partial charge in [-0.2, -0.15) is 0 Å². The highest BCUT2D eigenvalue weighted by molar-refractivity contribution is 7.15. The topological polar surface area (TPSA) is 38.3 Å². The number of carbonyl (C=O) groups is 1. The Bertz CT molecular complexity index is 794. The molecule has 3 nitrogen and oxygen atoms in total. The summed E-state index contributed by atoms with van der Waals surface area (Å²) < 4.78 is 5.18. The Balaban J connectivity index is 1.56. The lowest BCUT2D eigenvalue weighted by molar-refractivity contribution is -0.116. The first-order valence-corrected chi connectivity index (χ1v) is 8.64. The highest BCUT2D eigenvalue weighted by atomic mass is 32.1. The number of para-hydroxylation sites is 1. The van der Waals surface area contributed by atoms with Crippen molar-refractivity contribution in [2.45, 2.75) is 12.8 Å². The summed E-state index contributed by atoms with van der Waals surface area (Å²) in [6.45, 7) is 0. The lowest BCUT2D eigenvalue weighted by Gasteiger charge is -2.04. The number of hydrogen-bond donors (Lipinski definition) is 1. The van der Waals surface area contributed by atoms with Crippen LogP contribution in [0, 0.1) is 0 Å². The summed E-state index contributed by atoms with van der Waals surface area (Å²) in [7, 11) is 1.67. The van der Waals surface area contributed by atoms with Gasteiger partial charge in [-0.05, 0) is 60.5 Å². The van der Waals surface area contributed by atoms with Crippen molar-refractivity contribution in [1.82, 2.24) is 0 Å². The van der Waals surface area contributed by atoms with Gasteiger partial charge in [-0.1, -0.05) is 18.2 Å². The Morgan fingerprint density at radius 2 is 1.75 bits per heavy atom. The molecule has 0 aliphatic rings. The molecule has 2 aromatic carbocycles. The predicted octanol–water partition coefficient (Wildman–Crippen LogP) is 5.00. The van der Waals surface area contributed by atoms with Gasteiger partial charge in [0.1, 0.15) is 5.75 Å². The molecule has 0 unspecified atom stereocenters. The van der Waals surface area contributed by atoms with E-state index in [4.69, 9.17) is 4.74 Å². The fourth-order valence-corrected chi connectivity index (χ4v) is 3.42. The van der Waals surface area contributed by atoms with Crippen molar-refractivity contribution in [3.8, 4) is 16.2 Å². The molecule has 0 saturated carbocycles. The first-order valence-electron chi connectivity index (χ1n) is 7.82. The third kappa shape index (κ3) is 4.24. The molecule has 3 rings (SSSR count). The molecule has 0 aliphatic heterocycles. The third-order valence-electron chi connectivity index (χ3n) is 3.69. The number of nitrogens with one attached hydrogen (secondary N) is 1. The Labute approximate surface area is 145 Å². The first kappa shape index (κ1) is 16.3. The normalized spacial score (nSPS) is 10.4. The maximum atomic E-state index is 12.0. The number of benzene rings is 2. The fraction of sp³-hybridized carbons (Fsp3) is 0.150. The number of thiophene rings is 1. The molecule has 122 valence electrons. The molecule has 0 saturated heterocycles. The predicted molar refractivity (Wildman–Crippen MR) is 99.7 cm³/mol. The van der Waals surface area contributed by atoms with Crippen molar-refractivity contribution in [3.05, 3.63) is 71.6 Å². The second-order valence-corrected chi connectivity index (χ2v) is 6.58. The molecule has 1 heterocycles. The largest absolute Gasteiger partial charge is 0.497 e. The van der Waals surface area contributed by atoms with Crippen molar-refractivity contribution < 1.29 is 9.53 Å². The van der Waals surface area contributed by atoms with Gasteiger partial charge in [0, 0.05) is 21.9 Å². The van der Waals surface area contributed by atoms with E-state index in [0.717, 1.165) is 17.9 Å². The van der Waals surface area contributed by atoms with Gasteiger partial charge >= 0.3 is 0 Å². The SMILES string of the molecule is COc1ccc(-c2ccc(CCC(=O)Nc3ccccc3)s2)cc1. The molecule has 1 aromatic heterocycles. The molecule has 3 aromatic rings. The van der Waals surface area contributed by atoms with Crippen molar-refractivity contribution in [2.75, 3.05) is 12.4 Å². The summed E-state index contributed by atoms with van der Waals surface area (Å²) in [5, 5.41) is 2.92. The molecule has 0 spiro atoms. The molecular weight excluding hydrogens is 318 g/mol.